The van der Waals surface area contributed by atoms with Gasteiger partial charge in [-0.1, -0.05) is 24.3 Å². The SMILES string of the molecule is O=C1c2ccccc2C(=O)N1CCC#CCCCN1C(=O)c2ccccc2C1=O. The molecule has 0 fully saturated rings. The third-order valence-electron chi connectivity index (χ3n) is 5.03. The highest BCUT2D eigenvalue weighted by Crippen LogP contribution is 2.23. The van der Waals surface area contributed by atoms with E-state index in [2.05, 4.69) is 11.8 Å². The minimum absolute atomic E-state index is 0.248. The van der Waals surface area contributed by atoms with E-state index >= 15 is 0 Å². The van der Waals surface area contributed by atoms with Crippen LogP contribution in [0.2, 0.25) is 0 Å². The Morgan fingerprint density at radius 1 is 0.552 bits per heavy atom. The standard InChI is InChI=1S/C23H18N2O4/c26-20-16-10-4-5-11-17(16)21(27)24(20)14-8-2-1-3-9-15-25-22(28)18-12-6-7-13-19(18)23(25)29/h4-7,10-13H,2,8-9,14-15H2. The van der Waals surface area contributed by atoms with Gasteiger partial charge in [0.1, 0.15) is 0 Å². The van der Waals surface area contributed by atoms with Gasteiger partial charge in [-0.15, -0.1) is 11.8 Å². The third-order valence-corrected chi connectivity index (χ3v) is 5.03. The van der Waals surface area contributed by atoms with Gasteiger partial charge in [0.15, 0.2) is 0 Å². The van der Waals surface area contributed by atoms with Crippen molar-refractivity contribution in [1.82, 2.24) is 9.80 Å². The molecule has 0 N–H and O–H groups in total. The number of fused-ring (bicyclic) bond motifs is 2. The number of carbonyl (C=O) groups is 4. The summed E-state index contributed by atoms with van der Waals surface area (Å²) in [6.07, 6.45) is 1.49. The third kappa shape index (κ3) is 3.32. The highest BCUT2D eigenvalue weighted by Gasteiger charge is 2.35. The fraction of sp³-hybridized carbons (Fsp3) is 0.217. The van der Waals surface area contributed by atoms with Crippen LogP contribution in [-0.4, -0.2) is 46.5 Å². The molecule has 2 heterocycles. The maximum absolute atomic E-state index is 12.3. The number of hydrogen-bond acceptors (Lipinski definition) is 4. The number of amides is 4. The molecule has 4 amide bonds. The van der Waals surface area contributed by atoms with Crippen molar-refractivity contribution in [2.45, 2.75) is 19.3 Å². The Bertz CT molecular complexity index is 1020. The molecular weight excluding hydrogens is 368 g/mol. The summed E-state index contributed by atoms with van der Waals surface area (Å²) in [6, 6.07) is 13.6. The second-order valence-electron chi connectivity index (χ2n) is 6.82. The highest BCUT2D eigenvalue weighted by atomic mass is 16.2. The number of hydrogen-bond donors (Lipinski definition) is 0. The highest BCUT2D eigenvalue weighted by molar-refractivity contribution is 6.22. The van der Waals surface area contributed by atoms with Gasteiger partial charge in [0.2, 0.25) is 0 Å². The number of unbranched alkanes of at least 4 members (excludes halogenated alkanes) is 1. The molecule has 0 bridgehead atoms. The van der Waals surface area contributed by atoms with E-state index in [9.17, 15) is 19.2 Å². The topological polar surface area (TPSA) is 74.8 Å². The molecular formula is C23H18N2O4. The van der Waals surface area contributed by atoms with Crippen LogP contribution in [0.3, 0.4) is 0 Å². The van der Waals surface area contributed by atoms with Crippen molar-refractivity contribution in [2.24, 2.45) is 0 Å². The van der Waals surface area contributed by atoms with Crippen LogP contribution in [0.15, 0.2) is 48.5 Å². The first-order chi connectivity index (χ1) is 14.1. The van der Waals surface area contributed by atoms with Gasteiger partial charge >= 0.3 is 0 Å². The summed E-state index contributed by atoms with van der Waals surface area (Å²) < 4.78 is 0. The Morgan fingerprint density at radius 3 is 1.38 bits per heavy atom. The van der Waals surface area contributed by atoms with E-state index in [0.29, 0.717) is 48.1 Å². The number of imide groups is 2. The Labute approximate surface area is 168 Å². The van der Waals surface area contributed by atoms with E-state index in [1.165, 1.54) is 9.80 Å². The zero-order chi connectivity index (χ0) is 20.4. The van der Waals surface area contributed by atoms with Crippen molar-refractivity contribution in [1.29, 1.82) is 0 Å². The van der Waals surface area contributed by atoms with Crippen LogP contribution in [0.25, 0.3) is 0 Å². The fourth-order valence-corrected chi connectivity index (χ4v) is 3.55. The predicted molar refractivity (Wildman–Crippen MR) is 105 cm³/mol. The predicted octanol–water partition coefficient (Wildman–Crippen LogP) is 2.75. The van der Waals surface area contributed by atoms with E-state index in [0.717, 1.165) is 0 Å². The van der Waals surface area contributed by atoms with E-state index < -0.39 is 0 Å². The molecule has 0 spiro atoms. The molecule has 0 atom stereocenters. The van der Waals surface area contributed by atoms with Gasteiger partial charge in [0, 0.05) is 25.9 Å². The Kier molecular flexibility index (Phi) is 4.96. The second kappa shape index (κ2) is 7.72. The molecule has 0 unspecified atom stereocenters. The van der Waals surface area contributed by atoms with Crippen molar-refractivity contribution in [3.05, 3.63) is 70.8 Å². The molecule has 0 saturated heterocycles. The van der Waals surface area contributed by atoms with Gasteiger partial charge in [0.05, 0.1) is 22.3 Å². The van der Waals surface area contributed by atoms with Crippen molar-refractivity contribution >= 4 is 23.6 Å². The molecule has 6 nitrogen and oxygen atoms in total. The minimum Gasteiger partial charge on any atom is -0.274 e. The average molecular weight is 386 g/mol. The summed E-state index contributed by atoms with van der Waals surface area (Å²) in [5.74, 6) is 4.87. The first-order valence-corrected chi connectivity index (χ1v) is 9.46. The van der Waals surface area contributed by atoms with Crippen molar-refractivity contribution in [2.75, 3.05) is 13.1 Å². The first-order valence-electron chi connectivity index (χ1n) is 9.46. The van der Waals surface area contributed by atoms with Gasteiger partial charge in [0.25, 0.3) is 23.6 Å². The molecule has 144 valence electrons. The second-order valence-corrected chi connectivity index (χ2v) is 6.82. The molecule has 0 saturated carbocycles. The molecule has 2 aromatic carbocycles. The zero-order valence-electron chi connectivity index (χ0n) is 15.7. The maximum atomic E-state index is 12.3. The molecule has 29 heavy (non-hydrogen) atoms. The normalized spacial score (nSPS) is 14.8. The first kappa shape index (κ1) is 18.6. The van der Waals surface area contributed by atoms with Gasteiger partial charge in [-0.05, 0) is 30.7 Å². The lowest BCUT2D eigenvalue weighted by atomic mass is 10.1. The summed E-state index contributed by atoms with van der Waals surface area (Å²) in [5.41, 5.74) is 1.77. The van der Waals surface area contributed by atoms with Crippen LogP contribution >= 0.6 is 0 Å². The Morgan fingerprint density at radius 2 is 0.931 bits per heavy atom. The molecule has 6 heteroatoms. The fourth-order valence-electron chi connectivity index (χ4n) is 3.55. The van der Waals surface area contributed by atoms with Gasteiger partial charge in [-0.2, -0.15) is 0 Å². The van der Waals surface area contributed by atoms with Crippen LogP contribution in [0, 0.1) is 11.8 Å². The van der Waals surface area contributed by atoms with E-state index in [1.807, 2.05) is 0 Å². The van der Waals surface area contributed by atoms with Crippen LogP contribution in [0.4, 0.5) is 0 Å². The van der Waals surface area contributed by atoms with E-state index in [4.69, 9.17) is 0 Å². The molecule has 0 radical (unpaired) electrons. The van der Waals surface area contributed by atoms with Gasteiger partial charge in [-0.25, -0.2) is 0 Å². The van der Waals surface area contributed by atoms with Crippen molar-refractivity contribution in [3.63, 3.8) is 0 Å². The Hall–Kier alpha value is -3.72. The molecule has 2 aliphatic heterocycles. The lowest BCUT2D eigenvalue weighted by Crippen LogP contribution is -2.30. The van der Waals surface area contributed by atoms with Gasteiger partial charge in [-0.3, -0.25) is 29.0 Å². The van der Waals surface area contributed by atoms with Crippen molar-refractivity contribution < 1.29 is 19.2 Å². The number of benzene rings is 2. The monoisotopic (exact) mass is 386 g/mol. The lowest BCUT2D eigenvalue weighted by Gasteiger charge is -2.12. The quantitative estimate of drug-likeness (QED) is 0.450. The van der Waals surface area contributed by atoms with E-state index in [-0.39, 0.29) is 30.2 Å². The molecule has 0 aliphatic carbocycles. The van der Waals surface area contributed by atoms with Crippen LogP contribution < -0.4 is 0 Å². The summed E-state index contributed by atoms with van der Waals surface area (Å²) >= 11 is 0. The average Bonchev–Trinajstić information content (AvgIpc) is 3.13. The zero-order valence-corrected chi connectivity index (χ0v) is 15.7. The van der Waals surface area contributed by atoms with E-state index in [1.54, 1.807) is 48.5 Å². The number of nitrogens with zero attached hydrogens (tertiary/aromatic N) is 2. The number of carbonyl (C=O) groups excluding carboxylic acids is 4. The van der Waals surface area contributed by atoms with Gasteiger partial charge < -0.3 is 0 Å². The molecule has 4 rings (SSSR count). The maximum Gasteiger partial charge on any atom is 0.261 e. The van der Waals surface area contributed by atoms with Crippen LogP contribution in [-0.2, 0) is 0 Å². The number of rotatable bonds is 5. The Balaban J connectivity index is 1.24. The van der Waals surface area contributed by atoms with Crippen LogP contribution in [0.1, 0.15) is 60.7 Å². The van der Waals surface area contributed by atoms with Crippen LogP contribution in [0.5, 0.6) is 0 Å². The smallest absolute Gasteiger partial charge is 0.261 e. The molecule has 2 aliphatic rings. The minimum atomic E-state index is -0.280. The largest absolute Gasteiger partial charge is 0.274 e. The summed E-state index contributed by atoms with van der Waals surface area (Å²) in [4.78, 5) is 51.6. The summed E-state index contributed by atoms with van der Waals surface area (Å²) in [6.45, 7) is 0.567. The van der Waals surface area contributed by atoms with Crippen molar-refractivity contribution in [3.8, 4) is 11.8 Å². The summed E-state index contributed by atoms with van der Waals surface area (Å²) in [5, 5.41) is 0. The summed E-state index contributed by atoms with van der Waals surface area (Å²) in [7, 11) is 0. The molecule has 0 aromatic heterocycles. The lowest BCUT2D eigenvalue weighted by molar-refractivity contribution is 0.0640. The molecule has 2 aromatic rings.